The number of aryl methyl sites for hydroxylation is 1. The van der Waals surface area contributed by atoms with Gasteiger partial charge in [0.2, 0.25) is 5.16 Å². The minimum absolute atomic E-state index is 0.327. The molecule has 124 valence electrons. The highest BCUT2D eigenvalue weighted by atomic mass is 32.2. The van der Waals surface area contributed by atoms with Gasteiger partial charge in [-0.2, -0.15) is 4.68 Å². The summed E-state index contributed by atoms with van der Waals surface area (Å²) in [4.78, 5) is 4.05. The zero-order chi connectivity index (χ0) is 16.9. The van der Waals surface area contributed by atoms with Crippen LogP contribution in [0.4, 0.5) is 0 Å². The molecule has 3 rings (SSSR count). The normalized spacial score (nSPS) is 12.1. The molecule has 0 saturated heterocycles. The van der Waals surface area contributed by atoms with Gasteiger partial charge in [-0.15, -0.1) is 5.10 Å². The van der Waals surface area contributed by atoms with Crippen LogP contribution in [0.1, 0.15) is 18.1 Å². The van der Waals surface area contributed by atoms with Crippen molar-refractivity contribution in [3.05, 3.63) is 53.9 Å². The van der Waals surface area contributed by atoms with Crippen molar-refractivity contribution in [2.45, 2.75) is 30.7 Å². The minimum atomic E-state index is 0.327. The average molecular weight is 341 g/mol. The Morgan fingerprint density at radius 1 is 1.21 bits per heavy atom. The number of pyridine rings is 1. The second kappa shape index (κ2) is 7.44. The van der Waals surface area contributed by atoms with Crippen molar-refractivity contribution in [2.75, 3.05) is 7.11 Å². The van der Waals surface area contributed by atoms with Crippen LogP contribution < -0.4 is 4.74 Å². The highest BCUT2D eigenvalue weighted by molar-refractivity contribution is 7.99. The lowest BCUT2D eigenvalue weighted by Crippen LogP contribution is -2.07. The molecule has 0 aliphatic carbocycles. The Hall–Kier alpha value is -2.41. The summed E-state index contributed by atoms with van der Waals surface area (Å²) >= 11 is 1.64. The molecule has 0 aliphatic heterocycles. The monoisotopic (exact) mass is 341 g/mol. The summed E-state index contributed by atoms with van der Waals surface area (Å²) in [6.07, 6.45) is 4.55. The van der Waals surface area contributed by atoms with Crippen LogP contribution in [-0.2, 0) is 6.42 Å². The van der Waals surface area contributed by atoms with Crippen molar-refractivity contribution in [2.24, 2.45) is 0 Å². The van der Waals surface area contributed by atoms with Crippen LogP contribution in [0, 0.1) is 6.92 Å². The van der Waals surface area contributed by atoms with Gasteiger partial charge in [-0.05, 0) is 59.2 Å². The second-order valence-corrected chi connectivity index (χ2v) is 6.94. The molecule has 0 radical (unpaired) electrons. The highest BCUT2D eigenvalue weighted by Gasteiger charge is 2.16. The van der Waals surface area contributed by atoms with Crippen LogP contribution in [0.2, 0.25) is 0 Å². The minimum Gasteiger partial charge on any atom is -0.494 e. The lowest BCUT2D eigenvalue weighted by atomic mass is 10.1. The molecule has 7 heteroatoms. The van der Waals surface area contributed by atoms with E-state index in [0.717, 1.165) is 28.6 Å². The summed E-state index contributed by atoms with van der Waals surface area (Å²) in [5.41, 5.74) is 3.22. The van der Waals surface area contributed by atoms with E-state index >= 15 is 0 Å². The van der Waals surface area contributed by atoms with Gasteiger partial charge in [-0.25, -0.2) is 0 Å². The smallest absolute Gasteiger partial charge is 0.214 e. The Labute approximate surface area is 145 Å². The first-order valence-corrected chi connectivity index (χ1v) is 8.54. The molecular formula is C17H19N5OS. The molecule has 1 aromatic carbocycles. The van der Waals surface area contributed by atoms with Crippen molar-refractivity contribution in [1.82, 2.24) is 25.2 Å². The SMILES string of the molecule is COc1ccc(C)cc1-n1nnnc1S[C@@H](C)Cc1ccncc1. The van der Waals surface area contributed by atoms with Gasteiger partial charge < -0.3 is 4.74 Å². The predicted octanol–water partition coefficient (Wildman–Crippen LogP) is 3.10. The zero-order valence-corrected chi connectivity index (χ0v) is 14.7. The maximum absolute atomic E-state index is 5.45. The first-order chi connectivity index (χ1) is 11.7. The van der Waals surface area contributed by atoms with E-state index in [1.54, 1.807) is 23.6 Å². The van der Waals surface area contributed by atoms with Gasteiger partial charge in [-0.3, -0.25) is 4.98 Å². The predicted molar refractivity (Wildman–Crippen MR) is 93.7 cm³/mol. The quantitative estimate of drug-likeness (QED) is 0.642. The van der Waals surface area contributed by atoms with E-state index < -0.39 is 0 Å². The number of ether oxygens (including phenoxy) is 1. The molecule has 0 fully saturated rings. The lowest BCUT2D eigenvalue weighted by Gasteiger charge is -2.13. The van der Waals surface area contributed by atoms with E-state index in [4.69, 9.17) is 4.74 Å². The zero-order valence-electron chi connectivity index (χ0n) is 13.9. The van der Waals surface area contributed by atoms with Gasteiger partial charge in [0.25, 0.3) is 0 Å². The van der Waals surface area contributed by atoms with Crippen molar-refractivity contribution in [3.8, 4) is 11.4 Å². The summed E-state index contributed by atoms with van der Waals surface area (Å²) < 4.78 is 7.18. The Morgan fingerprint density at radius 3 is 2.75 bits per heavy atom. The average Bonchev–Trinajstić information content (AvgIpc) is 3.03. The summed E-state index contributed by atoms with van der Waals surface area (Å²) in [6, 6.07) is 10.0. The largest absolute Gasteiger partial charge is 0.494 e. The number of nitrogens with zero attached hydrogens (tertiary/aromatic N) is 5. The number of aromatic nitrogens is 5. The van der Waals surface area contributed by atoms with Crippen LogP contribution in [0.15, 0.2) is 47.9 Å². The summed E-state index contributed by atoms with van der Waals surface area (Å²) in [7, 11) is 1.65. The summed E-state index contributed by atoms with van der Waals surface area (Å²) in [5.74, 6) is 0.747. The highest BCUT2D eigenvalue weighted by Crippen LogP contribution is 2.29. The number of hydrogen-bond donors (Lipinski definition) is 0. The number of tetrazole rings is 1. The standard InChI is InChI=1S/C17H19N5OS/c1-12-4-5-16(23-3)15(10-12)22-17(19-20-21-22)24-13(2)11-14-6-8-18-9-7-14/h4-10,13H,11H2,1-3H3/t13-/m0/s1. The van der Waals surface area contributed by atoms with Crippen LogP contribution in [0.25, 0.3) is 5.69 Å². The third-order valence-corrected chi connectivity index (χ3v) is 4.62. The summed E-state index contributed by atoms with van der Waals surface area (Å²) in [6.45, 7) is 4.20. The Bertz CT molecular complexity index is 806. The molecule has 0 saturated carbocycles. The van der Waals surface area contributed by atoms with Gasteiger partial charge in [-0.1, -0.05) is 24.8 Å². The first-order valence-electron chi connectivity index (χ1n) is 7.66. The molecule has 0 bridgehead atoms. The van der Waals surface area contributed by atoms with Gasteiger partial charge in [0.05, 0.1) is 7.11 Å². The van der Waals surface area contributed by atoms with Crippen molar-refractivity contribution in [3.63, 3.8) is 0 Å². The molecule has 24 heavy (non-hydrogen) atoms. The molecule has 0 amide bonds. The fourth-order valence-electron chi connectivity index (χ4n) is 2.44. The molecule has 1 atom stereocenters. The number of benzene rings is 1. The topological polar surface area (TPSA) is 65.7 Å². The van der Waals surface area contributed by atoms with E-state index in [1.807, 2.05) is 49.6 Å². The van der Waals surface area contributed by atoms with Gasteiger partial charge in [0, 0.05) is 17.6 Å². The van der Waals surface area contributed by atoms with E-state index in [9.17, 15) is 0 Å². The molecule has 2 aromatic heterocycles. The molecule has 6 nitrogen and oxygen atoms in total. The summed E-state index contributed by atoms with van der Waals surface area (Å²) in [5, 5.41) is 13.2. The van der Waals surface area contributed by atoms with Gasteiger partial charge in [0.15, 0.2) is 0 Å². The van der Waals surface area contributed by atoms with Crippen LogP contribution in [0.5, 0.6) is 5.75 Å². The number of methoxy groups -OCH3 is 1. The Morgan fingerprint density at radius 2 is 2.00 bits per heavy atom. The third-order valence-electron chi connectivity index (χ3n) is 3.58. The third kappa shape index (κ3) is 3.73. The van der Waals surface area contributed by atoms with Crippen molar-refractivity contribution >= 4 is 11.8 Å². The first kappa shape index (κ1) is 16.4. The maximum Gasteiger partial charge on any atom is 0.214 e. The molecule has 0 spiro atoms. The van der Waals surface area contributed by atoms with E-state index in [2.05, 4.69) is 27.4 Å². The van der Waals surface area contributed by atoms with Crippen molar-refractivity contribution < 1.29 is 4.74 Å². The molecule has 0 N–H and O–H groups in total. The van der Waals surface area contributed by atoms with E-state index in [1.165, 1.54) is 5.56 Å². The fourth-order valence-corrected chi connectivity index (χ4v) is 3.40. The maximum atomic E-state index is 5.45. The molecule has 0 aliphatic rings. The van der Waals surface area contributed by atoms with Crippen LogP contribution in [0.3, 0.4) is 0 Å². The number of thioether (sulfide) groups is 1. The number of hydrogen-bond acceptors (Lipinski definition) is 6. The Balaban J connectivity index is 1.82. The fraction of sp³-hybridized carbons (Fsp3) is 0.294. The van der Waals surface area contributed by atoms with Crippen LogP contribution in [-0.4, -0.2) is 37.6 Å². The second-order valence-electron chi connectivity index (χ2n) is 5.54. The molecular weight excluding hydrogens is 322 g/mol. The van der Waals surface area contributed by atoms with Crippen molar-refractivity contribution in [1.29, 1.82) is 0 Å². The molecule has 0 unspecified atom stereocenters. The molecule has 3 aromatic rings. The van der Waals surface area contributed by atoms with E-state index in [0.29, 0.717) is 5.25 Å². The lowest BCUT2D eigenvalue weighted by molar-refractivity contribution is 0.410. The van der Waals surface area contributed by atoms with Gasteiger partial charge in [0.1, 0.15) is 11.4 Å². The van der Waals surface area contributed by atoms with Gasteiger partial charge >= 0.3 is 0 Å². The number of rotatable bonds is 6. The van der Waals surface area contributed by atoms with E-state index in [-0.39, 0.29) is 0 Å². The molecule has 2 heterocycles. The Kier molecular flexibility index (Phi) is 5.10. The van der Waals surface area contributed by atoms with Crippen LogP contribution >= 0.6 is 11.8 Å².